The fourth-order valence-corrected chi connectivity index (χ4v) is 2.35. The summed E-state index contributed by atoms with van der Waals surface area (Å²) < 4.78 is 1.45. The van der Waals surface area contributed by atoms with Gasteiger partial charge in [0.05, 0.1) is 0 Å². The van der Waals surface area contributed by atoms with Gasteiger partial charge in [0.25, 0.3) is 0 Å². The maximum absolute atomic E-state index is 11.5. The van der Waals surface area contributed by atoms with Crippen LogP contribution in [0.2, 0.25) is 0 Å². The number of H-pyrrole nitrogens is 1. The second-order valence-electron chi connectivity index (χ2n) is 5.10. The molecule has 2 heterocycles. The first-order chi connectivity index (χ1) is 10.1. The Kier molecular flexibility index (Phi) is 3.43. The van der Waals surface area contributed by atoms with Crippen LogP contribution in [-0.2, 0) is 0 Å². The Morgan fingerprint density at radius 3 is 2.86 bits per heavy atom. The van der Waals surface area contributed by atoms with Crippen molar-refractivity contribution in [2.75, 3.05) is 11.9 Å². The Morgan fingerprint density at radius 2 is 2.10 bits per heavy atom. The molecule has 0 saturated carbocycles. The van der Waals surface area contributed by atoms with Gasteiger partial charge < -0.3 is 5.32 Å². The van der Waals surface area contributed by atoms with Crippen LogP contribution in [0, 0.1) is 6.92 Å². The van der Waals surface area contributed by atoms with Crippen molar-refractivity contribution >= 4 is 11.5 Å². The molecule has 0 spiro atoms. The predicted molar refractivity (Wildman–Crippen MR) is 81.7 cm³/mol. The number of hydrogen-bond acceptors (Lipinski definition) is 4. The molecule has 0 bridgehead atoms. The molecular weight excluding hydrogens is 266 g/mol. The SMILES string of the molecule is Cc1nc(NCC(C)c2ccccc2)cc2n[nH]c(=O)n12. The van der Waals surface area contributed by atoms with Crippen LogP contribution in [0.1, 0.15) is 24.2 Å². The summed E-state index contributed by atoms with van der Waals surface area (Å²) in [6.45, 7) is 4.71. The molecule has 2 aromatic heterocycles. The molecule has 1 atom stereocenters. The highest BCUT2D eigenvalue weighted by atomic mass is 16.1. The third-order valence-corrected chi connectivity index (χ3v) is 3.53. The number of fused-ring (bicyclic) bond motifs is 1. The van der Waals surface area contributed by atoms with Crippen molar-refractivity contribution in [3.8, 4) is 0 Å². The Labute approximate surface area is 121 Å². The van der Waals surface area contributed by atoms with Crippen LogP contribution in [-0.4, -0.2) is 26.1 Å². The second kappa shape index (κ2) is 5.40. The minimum Gasteiger partial charge on any atom is -0.369 e. The number of rotatable bonds is 4. The average molecular weight is 283 g/mol. The molecule has 108 valence electrons. The highest BCUT2D eigenvalue weighted by Crippen LogP contribution is 2.16. The first-order valence-corrected chi connectivity index (χ1v) is 6.89. The summed E-state index contributed by atoms with van der Waals surface area (Å²) in [5.41, 5.74) is 1.58. The third-order valence-electron chi connectivity index (χ3n) is 3.53. The fourth-order valence-electron chi connectivity index (χ4n) is 2.35. The van der Waals surface area contributed by atoms with Gasteiger partial charge in [-0.3, -0.25) is 0 Å². The quantitative estimate of drug-likeness (QED) is 0.767. The summed E-state index contributed by atoms with van der Waals surface area (Å²) >= 11 is 0. The van der Waals surface area contributed by atoms with Gasteiger partial charge in [-0.2, -0.15) is 5.10 Å². The minimum atomic E-state index is -0.265. The fraction of sp³-hybridized carbons (Fsp3) is 0.267. The van der Waals surface area contributed by atoms with Crippen molar-refractivity contribution in [2.45, 2.75) is 19.8 Å². The number of benzene rings is 1. The maximum Gasteiger partial charge on any atom is 0.349 e. The topological polar surface area (TPSA) is 75.1 Å². The summed E-state index contributed by atoms with van der Waals surface area (Å²) in [4.78, 5) is 15.9. The van der Waals surface area contributed by atoms with Gasteiger partial charge in [-0.15, -0.1) is 0 Å². The largest absolute Gasteiger partial charge is 0.369 e. The van der Waals surface area contributed by atoms with Gasteiger partial charge in [0.1, 0.15) is 11.6 Å². The first-order valence-electron chi connectivity index (χ1n) is 6.89. The first kappa shape index (κ1) is 13.4. The van der Waals surface area contributed by atoms with Crippen molar-refractivity contribution < 1.29 is 0 Å². The summed E-state index contributed by atoms with van der Waals surface area (Å²) in [6.07, 6.45) is 0. The van der Waals surface area contributed by atoms with Crippen LogP contribution in [0.5, 0.6) is 0 Å². The van der Waals surface area contributed by atoms with Gasteiger partial charge in [0.15, 0.2) is 5.65 Å². The predicted octanol–water partition coefficient (Wildman–Crippen LogP) is 1.94. The molecule has 21 heavy (non-hydrogen) atoms. The van der Waals surface area contributed by atoms with Crippen LogP contribution < -0.4 is 11.0 Å². The summed E-state index contributed by atoms with van der Waals surface area (Å²) in [6, 6.07) is 12.1. The molecule has 3 rings (SSSR count). The van der Waals surface area contributed by atoms with Crippen LogP contribution in [0.15, 0.2) is 41.2 Å². The van der Waals surface area contributed by atoms with Gasteiger partial charge in [0.2, 0.25) is 0 Å². The van der Waals surface area contributed by atoms with E-state index in [1.54, 1.807) is 13.0 Å². The zero-order valence-corrected chi connectivity index (χ0v) is 12.0. The number of aryl methyl sites for hydroxylation is 1. The zero-order chi connectivity index (χ0) is 14.8. The molecule has 0 aliphatic rings. The second-order valence-corrected chi connectivity index (χ2v) is 5.10. The van der Waals surface area contributed by atoms with E-state index in [4.69, 9.17) is 0 Å². The monoisotopic (exact) mass is 283 g/mol. The van der Waals surface area contributed by atoms with Crippen molar-refractivity contribution in [1.29, 1.82) is 0 Å². The van der Waals surface area contributed by atoms with E-state index in [1.807, 2.05) is 18.2 Å². The number of nitrogens with one attached hydrogen (secondary N) is 2. The Balaban J connectivity index is 1.78. The van der Waals surface area contributed by atoms with Gasteiger partial charge in [-0.25, -0.2) is 19.3 Å². The Hall–Kier alpha value is -2.63. The van der Waals surface area contributed by atoms with Crippen LogP contribution in [0.3, 0.4) is 0 Å². The number of anilines is 1. The van der Waals surface area contributed by atoms with Crippen LogP contribution in [0.25, 0.3) is 5.65 Å². The maximum atomic E-state index is 11.5. The molecule has 0 fully saturated rings. The molecule has 0 saturated heterocycles. The summed E-state index contributed by atoms with van der Waals surface area (Å²) in [7, 11) is 0. The lowest BCUT2D eigenvalue weighted by Gasteiger charge is -2.13. The molecule has 0 radical (unpaired) electrons. The Morgan fingerprint density at radius 1 is 1.33 bits per heavy atom. The van der Waals surface area contributed by atoms with E-state index in [0.29, 0.717) is 17.4 Å². The normalized spacial score (nSPS) is 12.5. The molecule has 6 heteroatoms. The van der Waals surface area contributed by atoms with Gasteiger partial charge in [0, 0.05) is 12.6 Å². The molecule has 0 aliphatic carbocycles. The lowest BCUT2D eigenvalue weighted by atomic mass is 10.0. The number of nitrogens with zero attached hydrogens (tertiary/aromatic N) is 3. The standard InChI is InChI=1S/C15H17N5O/c1-10(12-6-4-3-5-7-12)9-16-13-8-14-18-19-15(21)20(14)11(2)17-13/h3-8,10,16H,9H2,1-2H3,(H,19,21). The van der Waals surface area contributed by atoms with Crippen LogP contribution in [0.4, 0.5) is 5.82 Å². The van der Waals surface area contributed by atoms with Gasteiger partial charge in [-0.1, -0.05) is 37.3 Å². The summed E-state index contributed by atoms with van der Waals surface area (Å²) in [5.74, 6) is 1.70. The van der Waals surface area contributed by atoms with E-state index in [9.17, 15) is 4.79 Å². The molecule has 3 aromatic rings. The van der Waals surface area contributed by atoms with E-state index in [2.05, 4.69) is 39.6 Å². The number of hydrogen-bond donors (Lipinski definition) is 2. The van der Waals surface area contributed by atoms with E-state index in [-0.39, 0.29) is 5.69 Å². The van der Waals surface area contributed by atoms with E-state index in [0.717, 1.165) is 12.4 Å². The third kappa shape index (κ3) is 2.65. The smallest absolute Gasteiger partial charge is 0.349 e. The summed E-state index contributed by atoms with van der Waals surface area (Å²) in [5, 5.41) is 9.70. The highest BCUT2D eigenvalue weighted by molar-refractivity contribution is 5.49. The molecule has 0 amide bonds. The van der Waals surface area contributed by atoms with Crippen molar-refractivity contribution in [1.82, 2.24) is 19.6 Å². The van der Waals surface area contributed by atoms with Crippen molar-refractivity contribution in [3.63, 3.8) is 0 Å². The van der Waals surface area contributed by atoms with Gasteiger partial charge in [-0.05, 0) is 18.4 Å². The number of aromatic amines is 1. The van der Waals surface area contributed by atoms with E-state index in [1.165, 1.54) is 9.96 Å². The lowest BCUT2D eigenvalue weighted by Crippen LogP contribution is -2.15. The molecule has 2 N–H and O–H groups in total. The molecule has 6 nitrogen and oxygen atoms in total. The minimum absolute atomic E-state index is 0.265. The molecule has 0 aliphatic heterocycles. The molecule has 1 aromatic carbocycles. The lowest BCUT2D eigenvalue weighted by molar-refractivity contribution is 0.798. The average Bonchev–Trinajstić information content (AvgIpc) is 2.87. The highest BCUT2D eigenvalue weighted by Gasteiger charge is 2.09. The van der Waals surface area contributed by atoms with E-state index >= 15 is 0 Å². The van der Waals surface area contributed by atoms with E-state index < -0.39 is 0 Å². The molecule has 1 unspecified atom stereocenters. The molecular formula is C15H17N5O. The zero-order valence-electron chi connectivity index (χ0n) is 12.0. The Bertz CT molecular complexity index is 806. The van der Waals surface area contributed by atoms with Gasteiger partial charge >= 0.3 is 5.69 Å². The van der Waals surface area contributed by atoms with Crippen molar-refractivity contribution in [3.05, 3.63) is 58.3 Å². The number of aromatic nitrogens is 4. The van der Waals surface area contributed by atoms with Crippen molar-refractivity contribution in [2.24, 2.45) is 0 Å². The van der Waals surface area contributed by atoms with Crippen LogP contribution >= 0.6 is 0 Å².